The molecule has 0 spiro atoms. The third-order valence-corrected chi connectivity index (χ3v) is 4.39. The van der Waals surface area contributed by atoms with Gasteiger partial charge in [0.15, 0.2) is 0 Å². The zero-order valence-corrected chi connectivity index (χ0v) is 10.5. The van der Waals surface area contributed by atoms with E-state index in [1.54, 1.807) is 0 Å². The normalized spacial score (nSPS) is 18.6. The fraction of sp³-hybridized carbons (Fsp3) is 0.500. The first-order valence-corrected chi connectivity index (χ1v) is 6.09. The maximum atomic E-state index is 9.88. The van der Waals surface area contributed by atoms with Gasteiger partial charge in [0.2, 0.25) is 0 Å². The summed E-state index contributed by atoms with van der Waals surface area (Å²) in [6.45, 7) is 2.56. The van der Waals surface area contributed by atoms with E-state index in [0.717, 1.165) is 22.9 Å². The van der Waals surface area contributed by atoms with Crippen molar-refractivity contribution in [3.63, 3.8) is 0 Å². The first-order valence-electron chi connectivity index (χ1n) is 5.29. The monoisotopic (exact) mass is 269 g/mol. The van der Waals surface area contributed by atoms with E-state index in [1.807, 2.05) is 13.0 Å². The van der Waals surface area contributed by atoms with Crippen LogP contribution in [-0.4, -0.2) is 11.7 Å². The summed E-state index contributed by atoms with van der Waals surface area (Å²) in [7, 11) is 0. The Hall–Kier alpha value is -0.540. The van der Waals surface area contributed by atoms with Crippen LogP contribution < -0.4 is 5.73 Å². The molecule has 0 aromatic heterocycles. The summed E-state index contributed by atoms with van der Waals surface area (Å²) in [5, 5.41) is 9.88. The molecule has 0 bridgehead atoms. The van der Waals surface area contributed by atoms with E-state index in [0.29, 0.717) is 12.3 Å². The minimum Gasteiger partial charge on any atom is -0.506 e. The van der Waals surface area contributed by atoms with Gasteiger partial charge in [0.05, 0.1) is 4.47 Å². The van der Waals surface area contributed by atoms with Crippen LogP contribution in [0.5, 0.6) is 5.75 Å². The van der Waals surface area contributed by atoms with Crippen molar-refractivity contribution in [3.05, 3.63) is 27.7 Å². The summed E-state index contributed by atoms with van der Waals surface area (Å²) in [5.41, 5.74) is 8.02. The predicted octanol–water partition coefficient (Wildman–Crippen LogP) is 2.84. The Bertz CT molecular complexity index is 380. The molecule has 0 aliphatic heterocycles. The molecule has 1 aliphatic carbocycles. The molecular formula is C12H16BrNO. The van der Waals surface area contributed by atoms with Crippen molar-refractivity contribution in [2.45, 2.75) is 31.6 Å². The van der Waals surface area contributed by atoms with Gasteiger partial charge in [-0.3, -0.25) is 0 Å². The first kappa shape index (κ1) is 11.0. The van der Waals surface area contributed by atoms with Crippen molar-refractivity contribution in [2.24, 2.45) is 5.73 Å². The Balaban J connectivity index is 2.49. The number of hydrogen-bond donors (Lipinski definition) is 2. The molecule has 3 heteroatoms. The van der Waals surface area contributed by atoms with Crippen LogP contribution in [0.1, 0.15) is 30.4 Å². The molecule has 2 rings (SSSR count). The number of nitrogens with two attached hydrogens (primary N) is 1. The number of hydrogen-bond acceptors (Lipinski definition) is 2. The van der Waals surface area contributed by atoms with Crippen molar-refractivity contribution in [2.75, 3.05) is 6.54 Å². The van der Waals surface area contributed by atoms with Crippen LogP contribution in [0.4, 0.5) is 0 Å². The zero-order chi connectivity index (χ0) is 11.1. The van der Waals surface area contributed by atoms with Crippen LogP contribution in [0, 0.1) is 6.92 Å². The molecule has 1 saturated carbocycles. The molecule has 1 aliphatic rings. The number of phenols is 1. The number of phenolic OH excluding ortho intramolecular Hbond substituents is 1. The van der Waals surface area contributed by atoms with Gasteiger partial charge in [-0.25, -0.2) is 0 Å². The third kappa shape index (κ3) is 1.58. The number of rotatable bonds is 2. The first-order chi connectivity index (χ1) is 7.10. The van der Waals surface area contributed by atoms with Crippen LogP contribution >= 0.6 is 15.9 Å². The van der Waals surface area contributed by atoms with Crippen molar-refractivity contribution in [1.29, 1.82) is 0 Å². The molecule has 2 nitrogen and oxygen atoms in total. The van der Waals surface area contributed by atoms with Gasteiger partial charge in [-0.2, -0.15) is 0 Å². The van der Waals surface area contributed by atoms with Gasteiger partial charge in [0.1, 0.15) is 5.75 Å². The van der Waals surface area contributed by atoms with E-state index in [2.05, 4.69) is 22.0 Å². The highest BCUT2D eigenvalue weighted by Gasteiger charge is 2.39. The summed E-state index contributed by atoms with van der Waals surface area (Å²) < 4.78 is 0.827. The van der Waals surface area contributed by atoms with E-state index in [1.165, 1.54) is 12.0 Å². The van der Waals surface area contributed by atoms with Crippen molar-refractivity contribution in [1.82, 2.24) is 0 Å². The average molecular weight is 270 g/mol. The molecule has 15 heavy (non-hydrogen) atoms. The molecule has 0 amide bonds. The summed E-state index contributed by atoms with van der Waals surface area (Å²) in [6, 6.07) is 4.05. The maximum Gasteiger partial charge on any atom is 0.132 e. The molecule has 3 N–H and O–H groups in total. The Morgan fingerprint density at radius 3 is 2.60 bits per heavy atom. The molecule has 1 aromatic rings. The Kier molecular flexibility index (Phi) is 2.77. The molecular weight excluding hydrogens is 254 g/mol. The lowest BCUT2D eigenvalue weighted by molar-refractivity contribution is 0.251. The molecule has 0 atom stereocenters. The molecule has 1 fully saturated rings. The Morgan fingerprint density at radius 2 is 2.13 bits per heavy atom. The fourth-order valence-corrected chi connectivity index (χ4v) is 3.12. The highest BCUT2D eigenvalue weighted by molar-refractivity contribution is 9.10. The molecule has 82 valence electrons. The van der Waals surface area contributed by atoms with E-state index >= 15 is 0 Å². The van der Waals surface area contributed by atoms with Gasteiger partial charge in [-0.1, -0.05) is 18.6 Å². The largest absolute Gasteiger partial charge is 0.506 e. The van der Waals surface area contributed by atoms with Crippen LogP contribution in [0.15, 0.2) is 16.6 Å². The smallest absolute Gasteiger partial charge is 0.132 e. The quantitative estimate of drug-likeness (QED) is 0.868. The second kappa shape index (κ2) is 3.80. The molecule has 0 heterocycles. The van der Waals surface area contributed by atoms with Crippen LogP contribution in [0.3, 0.4) is 0 Å². The van der Waals surface area contributed by atoms with E-state index in [-0.39, 0.29) is 5.41 Å². The molecule has 1 aromatic carbocycles. The maximum absolute atomic E-state index is 9.88. The minimum absolute atomic E-state index is 0.101. The van der Waals surface area contributed by atoms with Gasteiger partial charge in [0, 0.05) is 12.0 Å². The highest BCUT2D eigenvalue weighted by atomic mass is 79.9. The third-order valence-electron chi connectivity index (χ3n) is 3.59. The van der Waals surface area contributed by atoms with E-state index < -0.39 is 0 Å². The summed E-state index contributed by atoms with van der Waals surface area (Å²) in [5.74, 6) is 0.354. The second-order valence-electron chi connectivity index (χ2n) is 4.43. The lowest BCUT2D eigenvalue weighted by atomic mass is 9.64. The number of aromatic hydroxyl groups is 1. The number of benzene rings is 1. The van der Waals surface area contributed by atoms with Gasteiger partial charge in [0.25, 0.3) is 0 Å². The SMILES string of the molecule is Cc1ccc(C2(CN)CCC2)c(Br)c1O. The standard InChI is InChI=1S/C12H16BrNO/c1-8-3-4-9(10(13)11(8)15)12(7-14)5-2-6-12/h3-4,15H,2,5-7,14H2,1H3. The van der Waals surface area contributed by atoms with E-state index in [4.69, 9.17) is 5.73 Å². The summed E-state index contributed by atoms with van der Waals surface area (Å²) in [6.07, 6.45) is 3.49. The van der Waals surface area contributed by atoms with Gasteiger partial charge >= 0.3 is 0 Å². The van der Waals surface area contributed by atoms with Crippen molar-refractivity contribution >= 4 is 15.9 Å². The average Bonchev–Trinajstić information content (AvgIpc) is 2.17. The van der Waals surface area contributed by atoms with Gasteiger partial charge < -0.3 is 10.8 Å². The topological polar surface area (TPSA) is 46.2 Å². The zero-order valence-electron chi connectivity index (χ0n) is 8.89. The Labute approximate surface area is 98.6 Å². The van der Waals surface area contributed by atoms with Crippen molar-refractivity contribution in [3.8, 4) is 5.75 Å². The van der Waals surface area contributed by atoms with E-state index in [9.17, 15) is 5.11 Å². The summed E-state index contributed by atoms with van der Waals surface area (Å²) in [4.78, 5) is 0. The van der Waals surface area contributed by atoms with Gasteiger partial charge in [-0.05, 0) is 46.8 Å². The Morgan fingerprint density at radius 1 is 1.47 bits per heavy atom. The lowest BCUT2D eigenvalue weighted by Crippen LogP contribution is -2.41. The molecule has 0 saturated heterocycles. The minimum atomic E-state index is 0.101. The molecule has 0 radical (unpaired) electrons. The summed E-state index contributed by atoms with van der Waals surface area (Å²) >= 11 is 3.48. The predicted molar refractivity (Wildman–Crippen MR) is 65.1 cm³/mol. The number of aryl methyl sites for hydroxylation is 1. The lowest BCUT2D eigenvalue weighted by Gasteiger charge is -2.42. The van der Waals surface area contributed by atoms with Crippen LogP contribution in [0.25, 0.3) is 0 Å². The van der Waals surface area contributed by atoms with Crippen molar-refractivity contribution < 1.29 is 5.11 Å². The second-order valence-corrected chi connectivity index (χ2v) is 5.22. The fourth-order valence-electron chi connectivity index (χ4n) is 2.26. The number of halogens is 1. The molecule has 0 unspecified atom stereocenters. The van der Waals surface area contributed by atoms with Crippen LogP contribution in [-0.2, 0) is 5.41 Å². The highest BCUT2D eigenvalue weighted by Crippen LogP contribution is 2.47. The van der Waals surface area contributed by atoms with Gasteiger partial charge in [-0.15, -0.1) is 0 Å². The van der Waals surface area contributed by atoms with Crippen LogP contribution in [0.2, 0.25) is 0 Å².